The molecule has 1 aliphatic heterocycles. The molecule has 0 bridgehead atoms. The van der Waals surface area contributed by atoms with Crippen LogP contribution in [0.3, 0.4) is 0 Å². The van der Waals surface area contributed by atoms with Gasteiger partial charge in [-0.05, 0) is 12.8 Å². The second kappa shape index (κ2) is 4.55. The van der Waals surface area contributed by atoms with Crippen LogP contribution in [0.15, 0.2) is 0 Å². The second-order valence-corrected chi connectivity index (χ2v) is 4.01. The van der Waals surface area contributed by atoms with E-state index in [1.165, 1.54) is 0 Å². The Morgan fingerprint density at radius 3 is 2.64 bits per heavy atom. The quantitative estimate of drug-likeness (QED) is 0.702. The van der Waals surface area contributed by atoms with Gasteiger partial charge in [0.15, 0.2) is 5.78 Å². The average Bonchev–Trinajstić information content (AvgIpc) is 2.63. The normalized spacial score (nSPS) is 21.7. The van der Waals surface area contributed by atoms with E-state index in [0.29, 0.717) is 6.54 Å². The molecule has 1 heterocycles. The van der Waals surface area contributed by atoms with Crippen molar-refractivity contribution < 1.29 is 9.59 Å². The standard InChI is InChI=1S/C10H18N2O2/c1-7(2)10(14)8-4-3-5-12(8)9(13)6-11/h7-8H,3-6,11H2,1-2H3/t8-/m0/s1. The highest BCUT2D eigenvalue weighted by atomic mass is 16.2. The zero-order valence-corrected chi connectivity index (χ0v) is 8.82. The second-order valence-electron chi connectivity index (χ2n) is 4.01. The summed E-state index contributed by atoms with van der Waals surface area (Å²) in [5, 5.41) is 0. The molecule has 14 heavy (non-hydrogen) atoms. The van der Waals surface area contributed by atoms with E-state index < -0.39 is 0 Å². The van der Waals surface area contributed by atoms with E-state index in [1.54, 1.807) is 4.90 Å². The van der Waals surface area contributed by atoms with Gasteiger partial charge in [0, 0.05) is 12.5 Å². The molecule has 1 aliphatic rings. The van der Waals surface area contributed by atoms with E-state index >= 15 is 0 Å². The fourth-order valence-electron chi connectivity index (χ4n) is 1.86. The van der Waals surface area contributed by atoms with Gasteiger partial charge >= 0.3 is 0 Å². The van der Waals surface area contributed by atoms with E-state index in [9.17, 15) is 9.59 Å². The molecule has 4 nitrogen and oxygen atoms in total. The third kappa shape index (κ3) is 2.12. The zero-order chi connectivity index (χ0) is 10.7. The van der Waals surface area contributed by atoms with Gasteiger partial charge in [-0.25, -0.2) is 0 Å². The van der Waals surface area contributed by atoms with Gasteiger partial charge in [0.25, 0.3) is 0 Å². The lowest BCUT2D eigenvalue weighted by Crippen LogP contribution is -2.44. The maximum absolute atomic E-state index is 11.7. The van der Waals surface area contributed by atoms with Gasteiger partial charge in [0.05, 0.1) is 12.6 Å². The molecule has 80 valence electrons. The van der Waals surface area contributed by atoms with E-state index in [1.807, 2.05) is 13.8 Å². The first kappa shape index (κ1) is 11.2. The first-order chi connectivity index (χ1) is 6.57. The molecule has 0 aromatic rings. The molecule has 1 rings (SSSR count). The molecular formula is C10H18N2O2. The van der Waals surface area contributed by atoms with Gasteiger partial charge in [-0.15, -0.1) is 0 Å². The van der Waals surface area contributed by atoms with Gasteiger partial charge in [-0.3, -0.25) is 9.59 Å². The van der Waals surface area contributed by atoms with Crippen molar-refractivity contribution in [1.82, 2.24) is 4.90 Å². The minimum absolute atomic E-state index is 0.00186. The number of nitrogens with two attached hydrogens (primary N) is 1. The Morgan fingerprint density at radius 2 is 2.14 bits per heavy atom. The number of nitrogens with zero attached hydrogens (tertiary/aromatic N) is 1. The van der Waals surface area contributed by atoms with Crippen LogP contribution in [-0.2, 0) is 9.59 Å². The lowest BCUT2D eigenvalue weighted by Gasteiger charge is -2.24. The summed E-state index contributed by atoms with van der Waals surface area (Å²) in [7, 11) is 0. The number of carbonyl (C=O) groups excluding carboxylic acids is 2. The number of hydrogen-bond donors (Lipinski definition) is 1. The van der Waals surface area contributed by atoms with Crippen LogP contribution in [0.4, 0.5) is 0 Å². The minimum Gasteiger partial charge on any atom is -0.332 e. The topological polar surface area (TPSA) is 63.4 Å². The highest BCUT2D eigenvalue weighted by Gasteiger charge is 2.33. The van der Waals surface area contributed by atoms with Crippen molar-refractivity contribution in [2.75, 3.05) is 13.1 Å². The number of likely N-dealkylation sites (tertiary alicyclic amines) is 1. The van der Waals surface area contributed by atoms with Crippen molar-refractivity contribution in [1.29, 1.82) is 0 Å². The molecular weight excluding hydrogens is 180 g/mol. The predicted molar refractivity (Wildman–Crippen MR) is 53.6 cm³/mol. The molecule has 0 aromatic heterocycles. The lowest BCUT2D eigenvalue weighted by atomic mass is 10.00. The summed E-state index contributed by atoms with van der Waals surface area (Å²) in [5.41, 5.74) is 5.29. The van der Waals surface area contributed by atoms with Gasteiger partial charge < -0.3 is 10.6 Å². The van der Waals surface area contributed by atoms with Gasteiger partial charge in [0.1, 0.15) is 0 Å². The lowest BCUT2D eigenvalue weighted by molar-refractivity contribution is -0.137. The molecule has 0 spiro atoms. The molecule has 1 saturated heterocycles. The van der Waals surface area contributed by atoms with Gasteiger partial charge in [-0.2, -0.15) is 0 Å². The SMILES string of the molecule is CC(C)C(=O)[C@@H]1CCCN1C(=O)CN. The van der Waals surface area contributed by atoms with Crippen LogP contribution in [0.5, 0.6) is 0 Å². The van der Waals surface area contributed by atoms with Crippen molar-refractivity contribution >= 4 is 11.7 Å². The van der Waals surface area contributed by atoms with Crippen LogP contribution in [0.2, 0.25) is 0 Å². The van der Waals surface area contributed by atoms with Gasteiger partial charge in [-0.1, -0.05) is 13.8 Å². The smallest absolute Gasteiger partial charge is 0.236 e. The average molecular weight is 198 g/mol. The van der Waals surface area contributed by atoms with E-state index in [-0.39, 0.29) is 30.2 Å². The number of Topliss-reactive ketones (excluding diaryl/α,β-unsaturated/α-hetero) is 1. The maximum Gasteiger partial charge on any atom is 0.236 e. The van der Waals surface area contributed by atoms with Crippen LogP contribution >= 0.6 is 0 Å². The largest absolute Gasteiger partial charge is 0.332 e. The number of ketones is 1. The van der Waals surface area contributed by atoms with Crippen LogP contribution in [0.1, 0.15) is 26.7 Å². The third-order valence-electron chi connectivity index (χ3n) is 2.65. The number of carbonyl (C=O) groups is 2. The maximum atomic E-state index is 11.7. The van der Waals surface area contributed by atoms with E-state index in [0.717, 1.165) is 12.8 Å². The van der Waals surface area contributed by atoms with Crippen molar-refractivity contribution in [3.05, 3.63) is 0 Å². The summed E-state index contributed by atoms with van der Waals surface area (Å²) < 4.78 is 0. The Kier molecular flexibility index (Phi) is 3.63. The molecule has 0 aliphatic carbocycles. The Hall–Kier alpha value is -0.900. The van der Waals surface area contributed by atoms with Crippen molar-refractivity contribution in [2.45, 2.75) is 32.7 Å². The molecule has 0 unspecified atom stereocenters. The summed E-state index contributed by atoms with van der Waals surface area (Å²) in [6.07, 6.45) is 1.71. The Morgan fingerprint density at radius 1 is 1.50 bits per heavy atom. The summed E-state index contributed by atoms with van der Waals surface area (Å²) in [6, 6.07) is -0.217. The van der Waals surface area contributed by atoms with Crippen LogP contribution in [-0.4, -0.2) is 35.7 Å². The summed E-state index contributed by atoms with van der Waals surface area (Å²) in [5.74, 6) is 0.0389. The molecule has 4 heteroatoms. The fourth-order valence-corrected chi connectivity index (χ4v) is 1.86. The summed E-state index contributed by atoms with van der Waals surface area (Å²) in [4.78, 5) is 24.8. The Balaban J connectivity index is 2.68. The first-order valence-corrected chi connectivity index (χ1v) is 5.11. The highest BCUT2D eigenvalue weighted by Crippen LogP contribution is 2.20. The Labute approximate surface area is 84.4 Å². The van der Waals surface area contributed by atoms with Gasteiger partial charge in [0.2, 0.25) is 5.91 Å². The number of rotatable bonds is 3. The number of amides is 1. The fraction of sp³-hybridized carbons (Fsp3) is 0.800. The van der Waals surface area contributed by atoms with Crippen molar-refractivity contribution in [3.8, 4) is 0 Å². The van der Waals surface area contributed by atoms with Crippen LogP contribution in [0.25, 0.3) is 0 Å². The minimum atomic E-state index is -0.217. The molecule has 0 aromatic carbocycles. The van der Waals surface area contributed by atoms with Crippen LogP contribution < -0.4 is 5.73 Å². The van der Waals surface area contributed by atoms with Crippen molar-refractivity contribution in [2.24, 2.45) is 11.7 Å². The molecule has 0 saturated carbocycles. The summed E-state index contributed by atoms with van der Waals surface area (Å²) >= 11 is 0. The molecule has 2 N–H and O–H groups in total. The third-order valence-corrected chi connectivity index (χ3v) is 2.65. The van der Waals surface area contributed by atoms with Crippen LogP contribution in [0, 0.1) is 5.92 Å². The monoisotopic (exact) mass is 198 g/mol. The van der Waals surface area contributed by atoms with E-state index in [2.05, 4.69) is 0 Å². The highest BCUT2D eigenvalue weighted by molar-refractivity contribution is 5.91. The number of hydrogen-bond acceptors (Lipinski definition) is 3. The summed E-state index contributed by atoms with van der Waals surface area (Å²) in [6.45, 7) is 4.42. The predicted octanol–water partition coefficient (Wildman–Crippen LogP) is 0.161. The molecule has 1 atom stereocenters. The Bertz CT molecular complexity index is 238. The van der Waals surface area contributed by atoms with Crippen molar-refractivity contribution in [3.63, 3.8) is 0 Å². The molecule has 1 amide bonds. The van der Waals surface area contributed by atoms with E-state index in [4.69, 9.17) is 5.73 Å². The first-order valence-electron chi connectivity index (χ1n) is 5.11. The molecule has 1 fully saturated rings. The molecule has 0 radical (unpaired) electrons. The zero-order valence-electron chi connectivity index (χ0n) is 8.82.